The Morgan fingerprint density at radius 1 is 1.39 bits per heavy atom. The first-order valence-corrected chi connectivity index (χ1v) is 7.41. The minimum Gasteiger partial charge on any atom is -0.388 e. The first-order valence-electron chi connectivity index (χ1n) is 6.25. The first-order chi connectivity index (χ1) is 8.43. The molecule has 1 aliphatic rings. The van der Waals surface area contributed by atoms with E-state index in [9.17, 15) is 14.7 Å². The number of nitrogens with zero attached hydrogens (tertiary/aromatic N) is 1. The molecular weight excluding hydrogens is 252 g/mol. The van der Waals surface area contributed by atoms with Crippen LogP contribution in [0.15, 0.2) is 0 Å². The molecule has 6 heteroatoms. The van der Waals surface area contributed by atoms with Crippen molar-refractivity contribution >= 4 is 23.6 Å². The number of thioether (sulfide) groups is 1. The van der Waals surface area contributed by atoms with Gasteiger partial charge in [0.05, 0.1) is 11.4 Å². The molecule has 0 radical (unpaired) electrons. The lowest BCUT2D eigenvalue weighted by atomic mass is 10.0. The summed E-state index contributed by atoms with van der Waals surface area (Å²) in [6, 6.07) is 0. The molecule has 1 saturated carbocycles. The maximum atomic E-state index is 11.8. The Morgan fingerprint density at radius 2 is 2.00 bits per heavy atom. The highest BCUT2D eigenvalue weighted by Gasteiger charge is 2.33. The van der Waals surface area contributed by atoms with Gasteiger partial charge < -0.3 is 15.7 Å². The lowest BCUT2D eigenvalue weighted by Gasteiger charge is -2.28. The van der Waals surface area contributed by atoms with E-state index in [1.807, 2.05) is 0 Å². The molecule has 1 aliphatic carbocycles. The predicted molar refractivity (Wildman–Crippen MR) is 72.2 cm³/mol. The van der Waals surface area contributed by atoms with Crippen LogP contribution in [0, 0.1) is 0 Å². The van der Waals surface area contributed by atoms with E-state index in [-0.39, 0.29) is 17.6 Å². The van der Waals surface area contributed by atoms with Crippen LogP contribution in [0.2, 0.25) is 0 Å². The van der Waals surface area contributed by atoms with Crippen LogP contribution < -0.4 is 5.73 Å². The molecule has 0 saturated heterocycles. The zero-order chi connectivity index (χ0) is 13.6. The Kier molecular flexibility index (Phi) is 5.95. The largest absolute Gasteiger partial charge is 0.388 e. The van der Waals surface area contributed by atoms with Crippen LogP contribution in [0.5, 0.6) is 0 Å². The lowest BCUT2D eigenvalue weighted by molar-refractivity contribution is -0.132. The van der Waals surface area contributed by atoms with Gasteiger partial charge in [-0.1, -0.05) is 12.8 Å². The molecule has 0 unspecified atom stereocenters. The average molecular weight is 274 g/mol. The minimum atomic E-state index is -0.690. The van der Waals surface area contributed by atoms with Gasteiger partial charge in [0, 0.05) is 25.8 Å². The highest BCUT2D eigenvalue weighted by molar-refractivity contribution is 7.99. The molecule has 0 aromatic heterocycles. The quantitative estimate of drug-likeness (QED) is 0.657. The summed E-state index contributed by atoms with van der Waals surface area (Å²) in [5, 5.41) is 10.2. The average Bonchev–Trinajstić information content (AvgIpc) is 2.70. The summed E-state index contributed by atoms with van der Waals surface area (Å²) in [7, 11) is 1.72. The van der Waals surface area contributed by atoms with Gasteiger partial charge in [-0.05, 0) is 12.8 Å². The van der Waals surface area contributed by atoms with E-state index in [1.54, 1.807) is 11.9 Å². The summed E-state index contributed by atoms with van der Waals surface area (Å²) >= 11 is 1.36. The second kappa shape index (κ2) is 6.99. The number of aliphatic hydroxyl groups is 1. The summed E-state index contributed by atoms with van der Waals surface area (Å²) in [6.45, 7) is 0.409. The molecule has 0 aromatic rings. The van der Waals surface area contributed by atoms with Crippen molar-refractivity contribution < 1.29 is 14.7 Å². The molecule has 1 fully saturated rings. The molecule has 1 rings (SSSR count). The number of carbonyl (C=O) groups is 2. The second-order valence-electron chi connectivity index (χ2n) is 4.95. The third-order valence-electron chi connectivity index (χ3n) is 3.20. The highest BCUT2D eigenvalue weighted by atomic mass is 32.2. The maximum Gasteiger partial charge on any atom is 0.227 e. The Morgan fingerprint density at radius 3 is 2.56 bits per heavy atom. The summed E-state index contributed by atoms with van der Waals surface area (Å²) in [4.78, 5) is 23.9. The summed E-state index contributed by atoms with van der Waals surface area (Å²) in [5.41, 5.74) is 4.32. The van der Waals surface area contributed by atoms with Crippen molar-refractivity contribution in [3.8, 4) is 0 Å². The van der Waals surface area contributed by atoms with E-state index in [1.165, 1.54) is 11.8 Å². The number of rotatable bonds is 7. The smallest absolute Gasteiger partial charge is 0.227 e. The van der Waals surface area contributed by atoms with Crippen molar-refractivity contribution in [1.82, 2.24) is 4.90 Å². The van der Waals surface area contributed by atoms with Gasteiger partial charge in [0.1, 0.15) is 0 Å². The third kappa shape index (κ3) is 5.27. The minimum absolute atomic E-state index is 0.00676. The fraction of sp³-hybridized carbons (Fsp3) is 0.833. The number of nitrogens with two attached hydrogens (primary N) is 1. The van der Waals surface area contributed by atoms with Crippen molar-refractivity contribution in [3.63, 3.8) is 0 Å². The monoisotopic (exact) mass is 274 g/mol. The number of hydrogen-bond donors (Lipinski definition) is 2. The lowest BCUT2D eigenvalue weighted by Crippen LogP contribution is -2.42. The van der Waals surface area contributed by atoms with Crippen LogP contribution in [0.3, 0.4) is 0 Å². The van der Waals surface area contributed by atoms with Gasteiger partial charge in [-0.25, -0.2) is 0 Å². The van der Waals surface area contributed by atoms with Gasteiger partial charge in [-0.15, -0.1) is 0 Å². The number of hydrogen-bond acceptors (Lipinski definition) is 4. The number of primary amides is 1. The zero-order valence-electron chi connectivity index (χ0n) is 10.9. The van der Waals surface area contributed by atoms with Crippen LogP contribution in [-0.4, -0.2) is 52.5 Å². The molecule has 3 N–H and O–H groups in total. The van der Waals surface area contributed by atoms with Crippen molar-refractivity contribution in [2.75, 3.05) is 25.1 Å². The fourth-order valence-electron chi connectivity index (χ4n) is 2.24. The summed E-state index contributed by atoms with van der Waals surface area (Å²) < 4.78 is 0. The zero-order valence-corrected chi connectivity index (χ0v) is 11.7. The summed E-state index contributed by atoms with van der Waals surface area (Å²) in [6.07, 6.45) is 4.01. The predicted octanol–water partition coefficient (Wildman–Crippen LogP) is 0.359. The van der Waals surface area contributed by atoms with Crippen LogP contribution in [0.25, 0.3) is 0 Å². The first kappa shape index (κ1) is 15.3. The fourth-order valence-corrected chi connectivity index (χ4v) is 2.91. The number of likely N-dealkylation sites (N-methyl/N-ethyl adjacent to an activating group) is 1. The van der Waals surface area contributed by atoms with E-state index in [0.717, 1.165) is 25.7 Å². The maximum absolute atomic E-state index is 11.8. The number of amides is 2. The Labute approximate surface area is 112 Å². The Balaban J connectivity index is 2.22. The van der Waals surface area contributed by atoms with Gasteiger partial charge in [0.2, 0.25) is 11.8 Å². The standard InChI is InChI=1S/C12H22N2O3S/c1-14(9-12(17)5-2-3-6-12)11(16)4-7-18-8-10(13)15/h17H,2-9H2,1H3,(H2,13,15). The van der Waals surface area contributed by atoms with Crippen molar-refractivity contribution in [2.24, 2.45) is 5.73 Å². The van der Waals surface area contributed by atoms with Gasteiger partial charge in [0.15, 0.2) is 0 Å². The topological polar surface area (TPSA) is 83.6 Å². The van der Waals surface area contributed by atoms with Crippen LogP contribution in [-0.2, 0) is 9.59 Å². The molecule has 0 heterocycles. The van der Waals surface area contributed by atoms with E-state index < -0.39 is 5.60 Å². The van der Waals surface area contributed by atoms with Crippen molar-refractivity contribution in [3.05, 3.63) is 0 Å². The Bertz CT molecular complexity index is 304. The number of carbonyl (C=O) groups excluding carboxylic acids is 2. The van der Waals surface area contributed by atoms with E-state index >= 15 is 0 Å². The SMILES string of the molecule is CN(CC1(O)CCCC1)C(=O)CCSCC(N)=O. The van der Waals surface area contributed by atoms with Crippen LogP contribution in [0.1, 0.15) is 32.1 Å². The van der Waals surface area contributed by atoms with E-state index in [0.29, 0.717) is 18.7 Å². The van der Waals surface area contributed by atoms with Gasteiger partial charge in [-0.3, -0.25) is 9.59 Å². The molecule has 0 atom stereocenters. The molecule has 0 spiro atoms. The van der Waals surface area contributed by atoms with Gasteiger partial charge in [0.25, 0.3) is 0 Å². The molecule has 0 aliphatic heterocycles. The van der Waals surface area contributed by atoms with Crippen LogP contribution in [0.4, 0.5) is 0 Å². The third-order valence-corrected chi connectivity index (χ3v) is 4.18. The molecule has 5 nitrogen and oxygen atoms in total. The molecule has 18 heavy (non-hydrogen) atoms. The van der Waals surface area contributed by atoms with Crippen molar-refractivity contribution in [1.29, 1.82) is 0 Å². The Hall–Kier alpha value is -0.750. The molecule has 0 aromatic carbocycles. The van der Waals surface area contributed by atoms with E-state index in [2.05, 4.69) is 0 Å². The molecule has 2 amide bonds. The summed E-state index contributed by atoms with van der Waals surface area (Å²) in [5.74, 6) is 0.485. The van der Waals surface area contributed by atoms with Gasteiger partial charge >= 0.3 is 0 Å². The highest BCUT2D eigenvalue weighted by Crippen LogP contribution is 2.30. The van der Waals surface area contributed by atoms with Crippen molar-refractivity contribution in [2.45, 2.75) is 37.7 Å². The normalized spacial score (nSPS) is 17.7. The molecular formula is C12H22N2O3S. The molecule has 0 bridgehead atoms. The molecule has 104 valence electrons. The van der Waals surface area contributed by atoms with E-state index in [4.69, 9.17) is 5.73 Å². The van der Waals surface area contributed by atoms with Gasteiger partial charge in [-0.2, -0.15) is 11.8 Å². The van der Waals surface area contributed by atoms with Crippen LogP contribution >= 0.6 is 11.8 Å². The second-order valence-corrected chi connectivity index (χ2v) is 6.06.